The molecule has 2 aromatic heterocycles. The number of carbonyl (C=O) groups excluding carboxylic acids is 1. The van der Waals surface area contributed by atoms with Crippen LogP contribution in [0.4, 0.5) is 4.79 Å². The number of aromatic nitrogens is 1. The fourth-order valence-electron chi connectivity index (χ4n) is 2.68. The van der Waals surface area contributed by atoms with Gasteiger partial charge in [0.2, 0.25) is 0 Å². The lowest BCUT2D eigenvalue weighted by Crippen LogP contribution is -2.38. The van der Waals surface area contributed by atoms with Crippen molar-refractivity contribution in [1.82, 2.24) is 15.6 Å². The molecule has 0 bridgehead atoms. The number of urea groups is 1. The lowest BCUT2D eigenvalue weighted by Gasteiger charge is -2.15. The summed E-state index contributed by atoms with van der Waals surface area (Å²) in [6, 6.07) is 3.65. The van der Waals surface area contributed by atoms with Gasteiger partial charge in [0, 0.05) is 21.0 Å². The zero-order valence-electron chi connectivity index (χ0n) is 14.2. The molecule has 2 amide bonds. The van der Waals surface area contributed by atoms with Crippen LogP contribution in [0.5, 0.6) is 0 Å². The normalized spacial score (nSPS) is 12.0. The largest absolute Gasteiger partial charge is 0.334 e. The molecule has 0 spiro atoms. The Morgan fingerprint density at radius 1 is 1.26 bits per heavy atom. The van der Waals surface area contributed by atoms with Gasteiger partial charge in [0.15, 0.2) is 0 Å². The number of amides is 2. The molecule has 0 aromatic carbocycles. The van der Waals surface area contributed by atoms with E-state index in [2.05, 4.69) is 35.5 Å². The van der Waals surface area contributed by atoms with Crippen molar-refractivity contribution in [3.8, 4) is 0 Å². The minimum absolute atomic E-state index is 0.0719. The second-order valence-corrected chi connectivity index (χ2v) is 7.32. The summed E-state index contributed by atoms with van der Waals surface area (Å²) in [6.07, 6.45) is 0. The van der Waals surface area contributed by atoms with Gasteiger partial charge in [0.25, 0.3) is 5.56 Å². The minimum Gasteiger partial charge on any atom is -0.334 e. The van der Waals surface area contributed by atoms with Crippen molar-refractivity contribution in [3.05, 3.63) is 54.6 Å². The summed E-state index contributed by atoms with van der Waals surface area (Å²) in [6.45, 7) is 9.99. The molecule has 0 saturated heterocycles. The molecule has 0 fully saturated rings. The number of pyridine rings is 1. The summed E-state index contributed by atoms with van der Waals surface area (Å²) >= 11 is 1.72. The predicted molar refractivity (Wildman–Crippen MR) is 94.1 cm³/mol. The van der Waals surface area contributed by atoms with Crippen molar-refractivity contribution >= 4 is 17.4 Å². The molecular weight excluding hydrogens is 310 g/mol. The van der Waals surface area contributed by atoms with Gasteiger partial charge < -0.3 is 15.6 Å². The third-order valence-corrected chi connectivity index (χ3v) is 4.79. The topological polar surface area (TPSA) is 74.0 Å². The molecule has 0 aliphatic carbocycles. The summed E-state index contributed by atoms with van der Waals surface area (Å²) in [5.74, 6) is 0. The zero-order valence-corrected chi connectivity index (χ0v) is 15.0. The first-order valence-corrected chi connectivity index (χ1v) is 8.40. The first kappa shape index (κ1) is 17.3. The van der Waals surface area contributed by atoms with Crippen LogP contribution >= 0.6 is 11.3 Å². The van der Waals surface area contributed by atoms with Crippen molar-refractivity contribution in [2.75, 3.05) is 0 Å². The number of hydrogen-bond donors (Lipinski definition) is 3. The SMILES string of the molecule is Cc1cc(C)c(CNC(=O)N[C@@H](C)c2cc(C)sc2C)c(=O)[nH]1. The van der Waals surface area contributed by atoms with Crippen molar-refractivity contribution in [3.63, 3.8) is 0 Å². The number of H-pyrrole nitrogens is 1. The maximum Gasteiger partial charge on any atom is 0.315 e. The van der Waals surface area contributed by atoms with Crippen LogP contribution in [0.15, 0.2) is 16.9 Å². The highest BCUT2D eigenvalue weighted by molar-refractivity contribution is 7.12. The lowest BCUT2D eigenvalue weighted by molar-refractivity contribution is 0.237. The van der Waals surface area contributed by atoms with Crippen molar-refractivity contribution in [2.45, 2.75) is 47.2 Å². The number of thiophene rings is 1. The van der Waals surface area contributed by atoms with Crippen LogP contribution in [0.2, 0.25) is 0 Å². The van der Waals surface area contributed by atoms with E-state index in [9.17, 15) is 9.59 Å². The molecule has 23 heavy (non-hydrogen) atoms. The fraction of sp³-hybridized carbons (Fsp3) is 0.412. The Kier molecular flexibility index (Phi) is 5.26. The van der Waals surface area contributed by atoms with Crippen molar-refractivity contribution in [2.24, 2.45) is 0 Å². The fourth-order valence-corrected chi connectivity index (χ4v) is 3.70. The molecule has 0 aliphatic heterocycles. The van der Waals surface area contributed by atoms with E-state index >= 15 is 0 Å². The van der Waals surface area contributed by atoms with Crippen LogP contribution in [-0.2, 0) is 6.54 Å². The Morgan fingerprint density at radius 3 is 2.52 bits per heavy atom. The van der Waals surface area contributed by atoms with Crippen LogP contribution in [0, 0.1) is 27.7 Å². The summed E-state index contributed by atoms with van der Waals surface area (Å²) in [5, 5.41) is 5.68. The van der Waals surface area contributed by atoms with Crippen LogP contribution in [-0.4, -0.2) is 11.0 Å². The Labute approximate surface area is 140 Å². The standard InChI is InChI=1S/C17H23N3O2S/c1-9-6-10(2)19-16(21)15(9)8-18-17(22)20-12(4)14-7-11(3)23-13(14)5/h6-7,12H,8H2,1-5H3,(H,19,21)(H2,18,20,22)/t12-/m0/s1. The quantitative estimate of drug-likeness (QED) is 0.803. The van der Waals surface area contributed by atoms with Gasteiger partial charge >= 0.3 is 6.03 Å². The van der Waals surface area contributed by atoms with Gasteiger partial charge in [-0.1, -0.05) is 0 Å². The molecule has 0 saturated carbocycles. The van der Waals surface area contributed by atoms with Gasteiger partial charge in [-0.15, -0.1) is 11.3 Å². The summed E-state index contributed by atoms with van der Waals surface area (Å²) in [4.78, 5) is 29.2. The highest BCUT2D eigenvalue weighted by Gasteiger charge is 2.14. The Balaban J connectivity index is 1.98. The van der Waals surface area contributed by atoms with Crippen LogP contribution in [0.1, 0.15) is 45.1 Å². The van der Waals surface area contributed by atoms with E-state index in [4.69, 9.17) is 0 Å². The second-order valence-electron chi connectivity index (χ2n) is 5.86. The molecule has 2 aromatic rings. The molecule has 124 valence electrons. The van der Waals surface area contributed by atoms with Gasteiger partial charge in [-0.2, -0.15) is 0 Å². The maximum atomic E-state index is 12.1. The predicted octanol–water partition coefficient (Wildman–Crippen LogP) is 3.23. The van der Waals surface area contributed by atoms with E-state index in [0.717, 1.165) is 16.8 Å². The lowest BCUT2D eigenvalue weighted by atomic mass is 10.1. The van der Waals surface area contributed by atoms with Crippen LogP contribution < -0.4 is 16.2 Å². The second kappa shape index (κ2) is 7.00. The maximum absolute atomic E-state index is 12.1. The average molecular weight is 333 g/mol. The summed E-state index contributed by atoms with van der Waals surface area (Å²) in [7, 11) is 0. The van der Waals surface area contributed by atoms with E-state index in [-0.39, 0.29) is 24.2 Å². The van der Waals surface area contributed by atoms with Gasteiger partial charge in [0.05, 0.1) is 12.6 Å². The molecule has 0 aliphatic rings. The first-order chi connectivity index (χ1) is 10.8. The van der Waals surface area contributed by atoms with Gasteiger partial charge in [-0.05, 0) is 57.9 Å². The molecular formula is C17H23N3O2S. The number of carbonyl (C=O) groups is 1. The van der Waals surface area contributed by atoms with Gasteiger partial charge in [0.1, 0.15) is 0 Å². The number of aryl methyl sites for hydroxylation is 4. The molecule has 0 unspecified atom stereocenters. The van der Waals surface area contributed by atoms with Crippen LogP contribution in [0.25, 0.3) is 0 Å². The molecule has 2 rings (SSSR count). The number of hydrogen-bond acceptors (Lipinski definition) is 3. The third kappa shape index (κ3) is 4.22. The van der Waals surface area contributed by atoms with E-state index in [1.165, 1.54) is 9.75 Å². The highest BCUT2D eigenvalue weighted by Crippen LogP contribution is 2.25. The van der Waals surface area contributed by atoms with Gasteiger partial charge in [-0.25, -0.2) is 4.79 Å². The highest BCUT2D eigenvalue weighted by atomic mass is 32.1. The minimum atomic E-state index is -0.278. The third-order valence-electron chi connectivity index (χ3n) is 3.81. The van der Waals surface area contributed by atoms with E-state index in [0.29, 0.717) is 5.56 Å². The summed E-state index contributed by atoms with van der Waals surface area (Å²) < 4.78 is 0. The molecule has 1 atom stereocenters. The Morgan fingerprint density at radius 2 is 1.96 bits per heavy atom. The first-order valence-electron chi connectivity index (χ1n) is 7.58. The molecule has 6 heteroatoms. The van der Waals surface area contributed by atoms with Crippen molar-refractivity contribution in [1.29, 1.82) is 0 Å². The van der Waals surface area contributed by atoms with E-state index in [1.54, 1.807) is 11.3 Å². The Hall–Kier alpha value is -2.08. The molecule has 0 radical (unpaired) electrons. The molecule has 5 nitrogen and oxygen atoms in total. The number of rotatable bonds is 4. The number of nitrogens with one attached hydrogen (secondary N) is 3. The zero-order chi connectivity index (χ0) is 17.1. The van der Waals surface area contributed by atoms with Crippen molar-refractivity contribution < 1.29 is 4.79 Å². The molecule has 3 N–H and O–H groups in total. The summed E-state index contributed by atoms with van der Waals surface area (Å²) in [5.41, 5.74) is 3.26. The van der Waals surface area contributed by atoms with Crippen LogP contribution in [0.3, 0.4) is 0 Å². The van der Waals surface area contributed by atoms with E-state index in [1.807, 2.05) is 26.8 Å². The van der Waals surface area contributed by atoms with E-state index < -0.39 is 0 Å². The smallest absolute Gasteiger partial charge is 0.315 e. The van der Waals surface area contributed by atoms with Gasteiger partial charge in [-0.3, -0.25) is 4.79 Å². The Bertz CT molecular complexity index is 777. The average Bonchev–Trinajstić information content (AvgIpc) is 2.76. The number of aromatic amines is 1. The monoisotopic (exact) mass is 333 g/mol. The molecule has 2 heterocycles.